The first-order chi connectivity index (χ1) is 3.68. The molecule has 0 N–H and O–H groups in total. The Balaban J connectivity index is 3.78. The molecule has 0 aromatic heterocycles. The number of carbonyl (C=O) groups excluding carboxylic acids is 1. The molecular formula is C3HCl2NO2. The van der Waals surface area contributed by atoms with Gasteiger partial charge in [-0.3, -0.25) is 4.79 Å². The minimum Gasteiger partial charge on any atom is -0.498 e. The summed E-state index contributed by atoms with van der Waals surface area (Å²) in [6.07, 6.45) is 0. The molecule has 0 heterocycles. The molecule has 0 spiro atoms. The molecule has 0 rings (SSSR count). The van der Waals surface area contributed by atoms with Gasteiger partial charge in [-0.15, -0.1) is 0 Å². The van der Waals surface area contributed by atoms with Gasteiger partial charge in [0.2, 0.25) is 0 Å². The van der Waals surface area contributed by atoms with Crippen molar-refractivity contribution in [2.75, 3.05) is 0 Å². The Morgan fingerprint density at radius 2 is 2.25 bits per heavy atom. The highest BCUT2D eigenvalue weighted by Gasteiger charge is 2.13. The molecule has 0 saturated carbocycles. The molecule has 0 aliphatic heterocycles. The highest BCUT2D eigenvalue weighted by Crippen LogP contribution is 2.00. The van der Waals surface area contributed by atoms with Gasteiger partial charge < -0.3 is 5.21 Å². The van der Waals surface area contributed by atoms with Crippen LogP contribution in [-0.2, 0) is 4.79 Å². The zero-order chi connectivity index (χ0) is 6.57. The van der Waals surface area contributed by atoms with Gasteiger partial charge in [0.25, 0.3) is 0 Å². The molecule has 44 valence electrons. The van der Waals surface area contributed by atoms with E-state index in [0.717, 1.165) is 0 Å². The van der Waals surface area contributed by atoms with Gasteiger partial charge in [-0.25, -0.2) is 0 Å². The fourth-order valence-electron chi connectivity index (χ4n) is 0.0938. The first-order valence-electron chi connectivity index (χ1n) is 1.59. The maximum atomic E-state index is 10.1. The van der Waals surface area contributed by atoms with Crippen molar-refractivity contribution in [2.24, 2.45) is 0 Å². The van der Waals surface area contributed by atoms with Gasteiger partial charge >= 0.3 is 11.9 Å². The minimum absolute atomic E-state index is 0.816. The predicted octanol–water partition coefficient (Wildman–Crippen LogP) is 1.19. The van der Waals surface area contributed by atoms with Crippen LogP contribution in [0.2, 0.25) is 0 Å². The molecule has 0 aliphatic rings. The number of halogens is 2. The van der Waals surface area contributed by atoms with Crippen molar-refractivity contribution >= 4 is 29.0 Å². The highest BCUT2D eigenvalue weighted by molar-refractivity contribution is 6.55. The molecule has 0 aliphatic carbocycles. The van der Waals surface area contributed by atoms with Crippen LogP contribution < -0.4 is 0 Å². The number of Topliss-reactive ketones (excluding diaryl/α,β-unsaturated/α-hetero) is 1. The number of hydrogen-bond donors (Lipinski definition) is 0. The standard InChI is InChI=1S/C3HCl2NO2/c4-3(5)2(7)1-6-8/h3H. The summed E-state index contributed by atoms with van der Waals surface area (Å²) in [6.45, 7) is 0. The smallest absolute Gasteiger partial charge is 0.379 e. The normalized spacial score (nSPS) is 7.88. The summed E-state index contributed by atoms with van der Waals surface area (Å²) in [6, 6.07) is 1.51. The average Bonchev–Trinajstić information content (AvgIpc) is 1.67. The van der Waals surface area contributed by atoms with Gasteiger partial charge in [-0.05, 0) is 0 Å². The lowest BCUT2D eigenvalue weighted by molar-refractivity contribution is -0.112. The molecule has 5 heteroatoms. The molecule has 0 unspecified atom stereocenters. The number of alkyl halides is 2. The molecule has 3 nitrogen and oxygen atoms in total. The summed E-state index contributed by atoms with van der Waals surface area (Å²) in [7, 11) is 0. The number of rotatable bonds is 1. The van der Waals surface area contributed by atoms with E-state index in [4.69, 9.17) is 23.2 Å². The van der Waals surface area contributed by atoms with E-state index in [1.54, 1.807) is 0 Å². The first-order valence-corrected chi connectivity index (χ1v) is 2.46. The minimum atomic E-state index is -1.23. The maximum Gasteiger partial charge on any atom is 0.379 e. The Morgan fingerprint density at radius 3 is 2.38 bits per heavy atom. The van der Waals surface area contributed by atoms with Gasteiger partial charge in [0, 0.05) is 5.01 Å². The Morgan fingerprint density at radius 1 is 1.75 bits per heavy atom. The van der Waals surface area contributed by atoms with Crippen LogP contribution >= 0.6 is 23.2 Å². The van der Waals surface area contributed by atoms with E-state index >= 15 is 0 Å². The summed E-state index contributed by atoms with van der Waals surface area (Å²) in [5.41, 5.74) is 0. The van der Waals surface area contributed by atoms with Crippen LogP contribution in [0, 0.1) is 11.3 Å². The van der Waals surface area contributed by atoms with Crippen molar-refractivity contribution in [3.05, 3.63) is 10.2 Å². The lowest BCUT2D eigenvalue weighted by Gasteiger charge is -1.80. The van der Waals surface area contributed by atoms with Crippen molar-refractivity contribution in [3.63, 3.8) is 0 Å². The molecular weight excluding hydrogens is 153 g/mol. The monoisotopic (exact) mass is 153 g/mol. The third-order valence-electron chi connectivity index (χ3n) is 0.354. The predicted molar refractivity (Wildman–Crippen MR) is 31.1 cm³/mol. The SMILES string of the molecule is O=C(C#[N+][O-])C(Cl)Cl. The molecule has 0 amide bonds. The van der Waals surface area contributed by atoms with Crippen LogP contribution in [0.25, 0.3) is 5.01 Å². The van der Waals surface area contributed by atoms with Crippen molar-refractivity contribution in [2.45, 2.75) is 4.84 Å². The lowest BCUT2D eigenvalue weighted by atomic mass is 10.5. The van der Waals surface area contributed by atoms with E-state index in [1.807, 2.05) is 5.01 Å². The molecule has 0 fully saturated rings. The van der Waals surface area contributed by atoms with E-state index in [-0.39, 0.29) is 0 Å². The van der Waals surface area contributed by atoms with Gasteiger partial charge in [0.15, 0.2) is 4.84 Å². The molecule has 0 atom stereocenters. The van der Waals surface area contributed by atoms with Crippen LogP contribution in [0.5, 0.6) is 0 Å². The van der Waals surface area contributed by atoms with Gasteiger partial charge in [-0.2, -0.15) is 0 Å². The second-order valence-corrected chi connectivity index (χ2v) is 1.96. The zero-order valence-electron chi connectivity index (χ0n) is 3.60. The largest absolute Gasteiger partial charge is 0.498 e. The Bertz CT molecular complexity index is 145. The molecule has 0 aromatic rings. The molecule has 8 heavy (non-hydrogen) atoms. The van der Waals surface area contributed by atoms with Crippen molar-refractivity contribution < 1.29 is 4.79 Å². The fourth-order valence-corrected chi connectivity index (χ4v) is 0.191. The van der Waals surface area contributed by atoms with Crippen molar-refractivity contribution in [1.29, 1.82) is 0 Å². The molecule has 0 saturated heterocycles. The van der Waals surface area contributed by atoms with E-state index in [1.165, 1.54) is 6.07 Å². The van der Waals surface area contributed by atoms with Crippen LogP contribution in [-0.4, -0.2) is 10.6 Å². The second-order valence-electron chi connectivity index (χ2n) is 0.868. The van der Waals surface area contributed by atoms with E-state index in [9.17, 15) is 10.0 Å². The highest BCUT2D eigenvalue weighted by atomic mass is 35.5. The maximum absolute atomic E-state index is 10.1. The average molecular weight is 154 g/mol. The van der Waals surface area contributed by atoms with Gasteiger partial charge in [0.1, 0.15) is 0 Å². The van der Waals surface area contributed by atoms with Crippen molar-refractivity contribution in [1.82, 2.24) is 0 Å². The quantitative estimate of drug-likeness (QED) is 0.323. The summed E-state index contributed by atoms with van der Waals surface area (Å²) < 4.78 is 0. The topological polar surface area (TPSA) is 44.5 Å². The number of carbonyl (C=O) groups is 1. The molecule has 0 aromatic carbocycles. The van der Waals surface area contributed by atoms with E-state index < -0.39 is 10.6 Å². The summed E-state index contributed by atoms with van der Waals surface area (Å²) in [5, 5.41) is 11.3. The van der Waals surface area contributed by atoms with E-state index in [2.05, 4.69) is 0 Å². The van der Waals surface area contributed by atoms with Crippen LogP contribution in [0.15, 0.2) is 0 Å². The Labute approximate surface area is 55.6 Å². The van der Waals surface area contributed by atoms with Gasteiger partial charge in [-0.1, -0.05) is 23.2 Å². The summed E-state index contributed by atoms with van der Waals surface area (Å²) in [4.78, 5) is 8.85. The number of ketones is 1. The van der Waals surface area contributed by atoms with Crippen molar-refractivity contribution in [3.8, 4) is 6.07 Å². The molecule has 0 bridgehead atoms. The van der Waals surface area contributed by atoms with Crippen LogP contribution in [0.1, 0.15) is 0 Å². The van der Waals surface area contributed by atoms with Crippen LogP contribution in [0.4, 0.5) is 0 Å². The summed E-state index contributed by atoms with van der Waals surface area (Å²) >= 11 is 9.92. The second kappa shape index (κ2) is 3.53. The fraction of sp³-hybridized carbons (Fsp3) is 0.333. The summed E-state index contributed by atoms with van der Waals surface area (Å²) in [5.74, 6) is -0.816. The van der Waals surface area contributed by atoms with Gasteiger partial charge in [0.05, 0.1) is 0 Å². The third-order valence-corrected chi connectivity index (χ3v) is 0.750. The number of hydrogen-bond acceptors (Lipinski definition) is 2. The van der Waals surface area contributed by atoms with E-state index in [0.29, 0.717) is 0 Å². The lowest BCUT2D eigenvalue weighted by Crippen LogP contribution is -2.02. The zero-order valence-corrected chi connectivity index (χ0v) is 5.11. The third kappa shape index (κ3) is 2.67. The first kappa shape index (κ1) is 7.54. The molecule has 0 radical (unpaired) electrons. The van der Waals surface area contributed by atoms with Crippen LogP contribution in [0.3, 0.4) is 0 Å². The Kier molecular flexibility index (Phi) is 3.33. The Hall–Kier alpha value is -0.460. The number of nitrogens with zero attached hydrogens (tertiary/aromatic N) is 1.